The van der Waals surface area contributed by atoms with Crippen molar-refractivity contribution >= 4 is 17.8 Å². The average Bonchev–Trinajstić information content (AvgIpc) is 2.97. The maximum absolute atomic E-state index is 12.8. The first-order valence-electron chi connectivity index (χ1n) is 13.1. The molecule has 1 saturated heterocycles. The predicted octanol–water partition coefficient (Wildman–Crippen LogP) is 1.66. The molecular formula is C30H28O13. The van der Waals surface area contributed by atoms with E-state index in [0.29, 0.717) is 11.1 Å². The van der Waals surface area contributed by atoms with E-state index in [-0.39, 0.29) is 35.0 Å². The Labute approximate surface area is 244 Å². The van der Waals surface area contributed by atoms with Gasteiger partial charge in [-0.05, 0) is 41.5 Å². The summed E-state index contributed by atoms with van der Waals surface area (Å²) in [5.41, 5.74) is 0.887. The van der Waals surface area contributed by atoms with Gasteiger partial charge in [-0.15, -0.1) is 0 Å². The molecule has 0 saturated carbocycles. The first-order valence-corrected chi connectivity index (χ1v) is 13.1. The van der Waals surface area contributed by atoms with E-state index in [9.17, 15) is 45.3 Å². The number of carbonyl (C=O) groups is 2. The third kappa shape index (κ3) is 6.49. The van der Waals surface area contributed by atoms with Crippen LogP contribution >= 0.6 is 0 Å². The monoisotopic (exact) mass is 596 g/mol. The quantitative estimate of drug-likeness (QED) is 0.118. The Morgan fingerprint density at radius 3 is 2.35 bits per heavy atom. The Bertz CT molecular complexity index is 1530. The molecule has 0 aliphatic carbocycles. The van der Waals surface area contributed by atoms with Gasteiger partial charge in [0.1, 0.15) is 65.7 Å². The van der Waals surface area contributed by atoms with Crippen LogP contribution in [0.15, 0.2) is 60.7 Å². The smallest absolute Gasteiger partial charge is 0.330 e. The highest BCUT2D eigenvalue weighted by Gasteiger charge is 2.45. The molecule has 0 radical (unpaired) electrons. The molecule has 6 atom stereocenters. The van der Waals surface area contributed by atoms with Crippen molar-refractivity contribution in [2.75, 3.05) is 6.61 Å². The summed E-state index contributed by atoms with van der Waals surface area (Å²) in [6.07, 6.45) is -6.55. The van der Waals surface area contributed by atoms with Gasteiger partial charge in [-0.2, -0.15) is 0 Å². The number of fused-ring (bicyclic) bond motifs is 1. The molecule has 0 amide bonds. The molecule has 0 bridgehead atoms. The maximum atomic E-state index is 12.8. The third-order valence-corrected chi connectivity index (χ3v) is 6.96. The van der Waals surface area contributed by atoms with Gasteiger partial charge in [0.15, 0.2) is 17.3 Å². The van der Waals surface area contributed by atoms with E-state index in [1.54, 1.807) is 12.1 Å². The Hall–Kier alpha value is -4.82. The molecule has 0 spiro atoms. The number of Topliss-reactive ketones (excluding diaryl/α,β-unsaturated/α-hetero) is 1. The molecule has 3 aromatic rings. The van der Waals surface area contributed by atoms with E-state index in [1.165, 1.54) is 42.5 Å². The maximum Gasteiger partial charge on any atom is 0.330 e. The van der Waals surface area contributed by atoms with Crippen LogP contribution in [-0.4, -0.2) is 84.8 Å². The summed E-state index contributed by atoms with van der Waals surface area (Å²) in [7, 11) is 0. The highest BCUT2D eigenvalue weighted by molar-refractivity contribution is 6.02. The summed E-state index contributed by atoms with van der Waals surface area (Å²) in [4.78, 5) is 25.0. The summed E-state index contributed by atoms with van der Waals surface area (Å²) < 4.78 is 22.2. The summed E-state index contributed by atoms with van der Waals surface area (Å²) in [6, 6.07) is 12.3. The van der Waals surface area contributed by atoms with Crippen molar-refractivity contribution in [3.05, 3.63) is 77.4 Å². The third-order valence-electron chi connectivity index (χ3n) is 6.96. The van der Waals surface area contributed by atoms with Crippen molar-refractivity contribution in [3.8, 4) is 34.5 Å². The lowest BCUT2D eigenvalue weighted by Crippen LogP contribution is -2.60. The summed E-state index contributed by atoms with van der Waals surface area (Å²) in [6.45, 7) is -0.516. The number of benzene rings is 3. The highest BCUT2D eigenvalue weighted by Crippen LogP contribution is 2.43. The van der Waals surface area contributed by atoms with E-state index in [2.05, 4.69) is 0 Å². The largest absolute Gasteiger partial charge is 0.508 e. The number of hydrogen-bond acceptors (Lipinski definition) is 13. The van der Waals surface area contributed by atoms with E-state index < -0.39 is 66.7 Å². The topological polar surface area (TPSA) is 213 Å². The molecule has 13 heteroatoms. The molecule has 3 aromatic carbocycles. The minimum absolute atomic E-state index is 0.0618. The molecule has 5 rings (SSSR count). The van der Waals surface area contributed by atoms with Gasteiger partial charge >= 0.3 is 5.97 Å². The van der Waals surface area contributed by atoms with E-state index in [0.717, 1.165) is 12.1 Å². The van der Waals surface area contributed by atoms with Crippen LogP contribution in [0.2, 0.25) is 0 Å². The van der Waals surface area contributed by atoms with Gasteiger partial charge in [0.25, 0.3) is 0 Å². The predicted molar refractivity (Wildman–Crippen MR) is 146 cm³/mol. The number of rotatable bonds is 7. The lowest BCUT2D eigenvalue weighted by molar-refractivity contribution is -0.278. The minimum Gasteiger partial charge on any atom is -0.508 e. The summed E-state index contributed by atoms with van der Waals surface area (Å²) >= 11 is 0. The lowest BCUT2D eigenvalue weighted by atomic mass is 9.95. The number of phenolic OH excluding ortho intramolecular Hbond substituents is 4. The number of carbonyl (C=O) groups excluding carboxylic acids is 2. The zero-order valence-corrected chi connectivity index (χ0v) is 22.3. The number of aromatic hydroxyl groups is 4. The number of ketones is 1. The van der Waals surface area contributed by atoms with Crippen molar-refractivity contribution in [3.63, 3.8) is 0 Å². The summed E-state index contributed by atoms with van der Waals surface area (Å²) in [5, 5.41) is 70.6. The zero-order chi connectivity index (χ0) is 30.8. The molecule has 2 aliphatic heterocycles. The van der Waals surface area contributed by atoms with Crippen LogP contribution in [0.3, 0.4) is 0 Å². The van der Waals surface area contributed by atoms with Crippen molar-refractivity contribution in [1.82, 2.24) is 0 Å². The Balaban J connectivity index is 1.27. The average molecular weight is 597 g/mol. The second kappa shape index (κ2) is 12.2. The SMILES string of the molecule is O=C(/C=C/c1ccc(O)cc1)OC[C@H]1O[C@@H](Oc2cc(O)c3c(c2)O[C@@H](c2ccc(O)c(O)c2)CC3=O)[C@H](O)[C@@H](O)[C@@H]1O. The molecule has 2 aliphatic rings. The molecular weight excluding hydrogens is 568 g/mol. The van der Waals surface area contributed by atoms with Crippen LogP contribution in [0.1, 0.15) is 34.0 Å². The fourth-order valence-electron chi connectivity index (χ4n) is 4.66. The Kier molecular flexibility index (Phi) is 8.41. The van der Waals surface area contributed by atoms with Gasteiger partial charge in [-0.25, -0.2) is 4.79 Å². The minimum atomic E-state index is -1.76. The van der Waals surface area contributed by atoms with Crippen LogP contribution in [0.4, 0.5) is 0 Å². The molecule has 7 N–H and O–H groups in total. The van der Waals surface area contributed by atoms with Crippen LogP contribution in [0, 0.1) is 0 Å². The normalized spacial score (nSPS) is 25.1. The first-order chi connectivity index (χ1) is 20.5. The van der Waals surface area contributed by atoms with Gasteiger partial charge in [-0.1, -0.05) is 18.2 Å². The number of hydrogen-bond donors (Lipinski definition) is 7. The number of aliphatic hydroxyl groups excluding tert-OH is 3. The number of phenols is 4. The Morgan fingerprint density at radius 1 is 0.884 bits per heavy atom. The van der Waals surface area contributed by atoms with Crippen LogP contribution in [0.25, 0.3) is 6.08 Å². The van der Waals surface area contributed by atoms with Gasteiger partial charge in [0.2, 0.25) is 6.29 Å². The fraction of sp³-hybridized carbons (Fsp3) is 0.267. The van der Waals surface area contributed by atoms with Crippen molar-refractivity contribution < 1.29 is 64.3 Å². The van der Waals surface area contributed by atoms with Crippen molar-refractivity contribution in [2.45, 2.75) is 43.2 Å². The summed E-state index contributed by atoms with van der Waals surface area (Å²) in [5.74, 6) is -2.63. The molecule has 2 heterocycles. The first kappa shape index (κ1) is 29.7. The van der Waals surface area contributed by atoms with Crippen molar-refractivity contribution in [2.24, 2.45) is 0 Å². The molecule has 226 valence electrons. The fourth-order valence-corrected chi connectivity index (χ4v) is 4.66. The zero-order valence-electron chi connectivity index (χ0n) is 22.3. The number of ether oxygens (including phenoxy) is 4. The van der Waals surface area contributed by atoms with Crippen LogP contribution < -0.4 is 9.47 Å². The molecule has 1 fully saturated rings. The van der Waals surface area contributed by atoms with Crippen LogP contribution in [0.5, 0.6) is 34.5 Å². The van der Waals surface area contributed by atoms with E-state index in [1.807, 2.05) is 0 Å². The van der Waals surface area contributed by atoms with E-state index in [4.69, 9.17) is 18.9 Å². The number of aliphatic hydroxyl groups is 3. The van der Waals surface area contributed by atoms with Crippen LogP contribution in [-0.2, 0) is 14.3 Å². The Morgan fingerprint density at radius 2 is 1.63 bits per heavy atom. The van der Waals surface area contributed by atoms with Crippen molar-refractivity contribution in [1.29, 1.82) is 0 Å². The number of esters is 1. The van der Waals surface area contributed by atoms with Gasteiger partial charge in [-0.3, -0.25) is 4.79 Å². The molecule has 0 aromatic heterocycles. The second-order valence-electron chi connectivity index (χ2n) is 9.98. The van der Waals surface area contributed by atoms with E-state index >= 15 is 0 Å². The van der Waals surface area contributed by atoms with Gasteiger partial charge in [0.05, 0.1) is 6.42 Å². The molecule has 43 heavy (non-hydrogen) atoms. The molecule has 13 nitrogen and oxygen atoms in total. The van der Waals surface area contributed by atoms with Gasteiger partial charge < -0.3 is 54.7 Å². The highest BCUT2D eigenvalue weighted by atomic mass is 16.7. The lowest BCUT2D eigenvalue weighted by Gasteiger charge is -2.40. The second-order valence-corrected chi connectivity index (χ2v) is 9.98. The molecule has 0 unspecified atom stereocenters. The van der Waals surface area contributed by atoms with Gasteiger partial charge in [0, 0.05) is 18.2 Å². The standard InChI is InChI=1S/C30H28O13/c31-16-5-1-14(2-6-16)3-8-25(36)40-13-24-27(37)28(38)29(39)30(43-24)41-17-10-20(34)26-21(35)12-22(42-23(26)11-17)15-4-7-18(32)19(33)9-15/h1-11,22,24,27-34,37-39H,12-13H2/b8-3+/t22-,24-,27-,28+,29-,30-/m1/s1.